The molecule has 0 saturated heterocycles. The minimum atomic E-state index is 0.665. The fourth-order valence-corrected chi connectivity index (χ4v) is 1.73. The Hall–Kier alpha value is -1.03. The van der Waals surface area contributed by atoms with Gasteiger partial charge in [0.2, 0.25) is 0 Å². The summed E-state index contributed by atoms with van der Waals surface area (Å²) in [5.74, 6) is 0.665. The summed E-state index contributed by atoms with van der Waals surface area (Å²) in [6.07, 6.45) is 8.48. The molecule has 1 unspecified atom stereocenters. The Morgan fingerprint density at radius 2 is 2.55 bits per heavy atom. The summed E-state index contributed by atoms with van der Waals surface area (Å²) in [5.41, 5.74) is 2.72. The molecular weight excluding hydrogens is 134 g/mol. The van der Waals surface area contributed by atoms with E-state index in [4.69, 9.17) is 0 Å². The molecule has 0 amide bonds. The predicted octanol–water partition coefficient (Wildman–Crippen LogP) is 2.12. The molecule has 0 aromatic carbocycles. The highest BCUT2D eigenvalue weighted by Crippen LogP contribution is 2.28. The Labute approximate surface area is 67.5 Å². The van der Waals surface area contributed by atoms with Gasteiger partial charge in [-0.3, -0.25) is 0 Å². The first-order valence-electron chi connectivity index (χ1n) is 4.15. The monoisotopic (exact) mass is 145 g/mol. The molecule has 0 saturated carbocycles. The van der Waals surface area contributed by atoms with Crippen molar-refractivity contribution in [3.8, 4) is 0 Å². The van der Waals surface area contributed by atoms with E-state index in [0.29, 0.717) is 5.92 Å². The molecule has 1 heterocycles. The van der Waals surface area contributed by atoms with Gasteiger partial charge >= 0.3 is 0 Å². The number of aryl methyl sites for hydroxylation is 1. The molecule has 1 aliphatic rings. The van der Waals surface area contributed by atoms with Crippen molar-refractivity contribution in [2.75, 3.05) is 0 Å². The molecule has 1 aromatic heterocycles. The van der Waals surface area contributed by atoms with Gasteiger partial charge < -0.3 is 0 Å². The molecule has 1 aliphatic carbocycles. The van der Waals surface area contributed by atoms with Gasteiger partial charge in [0, 0.05) is 18.0 Å². The van der Waals surface area contributed by atoms with Crippen LogP contribution in [0.15, 0.2) is 6.20 Å². The largest absolute Gasteiger partial charge is 0.205 e. The van der Waals surface area contributed by atoms with Gasteiger partial charge in [0.1, 0.15) is 0 Å². The van der Waals surface area contributed by atoms with Gasteiger partial charge in [-0.2, -0.15) is 0 Å². The molecule has 0 spiro atoms. The van der Waals surface area contributed by atoms with E-state index in [1.54, 1.807) is 0 Å². The number of nitrogens with zero attached hydrogens (tertiary/aromatic N) is 1. The van der Waals surface area contributed by atoms with Gasteiger partial charge in [0.15, 0.2) is 0 Å². The molecule has 1 aromatic rings. The van der Waals surface area contributed by atoms with Crippen LogP contribution >= 0.6 is 0 Å². The average molecular weight is 145 g/mol. The quantitative estimate of drug-likeness (QED) is 0.545. The van der Waals surface area contributed by atoms with E-state index < -0.39 is 0 Å². The van der Waals surface area contributed by atoms with Gasteiger partial charge in [-0.1, -0.05) is 6.92 Å². The Morgan fingerprint density at radius 3 is 3.36 bits per heavy atom. The first kappa shape index (κ1) is 6.67. The third-order valence-electron chi connectivity index (χ3n) is 2.40. The number of hydrogen-bond donors (Lipinski definition) is 0. The van der Waals surface area contributed by atoms with E-state index in [9.17, 15) is 0 Å². The highest BCUT2D eigenvalue weighted by atomic mass is 14.6. The second-order valence-corrected chi connectivity index (χ2v) is 3.23. The zero-order chi connectivity index (χ0) is 7.68. The van der Waals surface area contributed by atoms with Crippen molar-refractivity contribution < 1.29 is 0 Å². The van der Waals surface area contributed by atoms with Crippen LogP contribution in [0.25, 0.3) is 0 Å². The zero-order valence-electron chi connectivity index (χ0n) is 6.72. The molecule has 1 heteroatoms. The third kappa shape index (κ3) is 1.09. The lowest BCUT2D eigenvalue weighted by Gasteiger charge is -2.18. The molecule has 0 fully saturated rings. The van der Waals surface area contributed by atoms with E-state index in [2.05, 4.69) is 24.2 Å². The summed E-state index contributed by atoms with van der Waals surface area (Å²) >= 11 is 0. The Balaban J connectivity index is 2.44. The van der Waals surface area contributed by atoms with E-state index in [-0.39, 0.29) is 0 Å². The standard InChI is InChI=1S/C10H11N/c1-8-3-2-4-9-7-11-6-5-10(8)9/h7-8H,2-4H2,1H3. The van der Waals surface area contributed by atoms with Gasteiger partial charge in [-0.05, 0) is 36.8 Å². The average Bonchev–Trinajstić information content (AvgIpc) is 2.06. The molecule has 1 nitrogen and oxygen atoms in total. The molecule has 11 heavy (non-hydrogen) atoms. The van der Waals surface area contributed by atoms with E-state index >= 15 is 0 Å². The first-order chi connectivity index (χ1) is 5.38. The molecule has 0 bridgehead atoms. The van der Waals surface area contributed by atoms with Crippen LogP contribution < -0.4 is 0 Å². The highest BCUT2D eigenvalue weighted by Gasteiger charge is 2.15. The van der Waals surface area contributed by atoms with Crippen LogP contribution in [0.3, 0.4) is 0 Å². The van der Waals surface area contributed by atoms with Gasteiger partial charge in [-0.15, -0.1) is 0 Å². The second kappa shape index (κ2) is 2.54. The van der Waals surface area contributed by atoms with E-state index in [1.807, 2.05) is 6.20 Å². The van der Waals surface area contributed by atoms with Crippen LogP contribution in [0.5, 0.6) is 0 Å². The molecule has 56 valence electrons. The zero-order valence-corrected chi connectivity index (χ0v) is 6.72. The summed E-state index contributed by atoms with van der Waals surface area (Å²) in [5, 5.41) is 0. The summed E-state index contributed by atoms with van der Waals surface area (Å²) in [6, 6.07) is 3.10. The van der Waals surface area contributed by atoms with E-state index in [1.165, 1.54) is 30.4 Å². The van der Waals surface area contributed by atoms with Crippen LogP contribution in [-0.4, -0.2) is 4.98 Å². The number of rotatable bonds is 0. The maximum atomic E-state index is 3.95. The van der Waals surface area contributed by atoms with Gasteiger partial charge in [0.05, 0.1) is 0 Å². The van der Waals surface area contributed by atoms with Crippen molar-refractivity contribution in [2.24, 2.45) is 0 Å². The molecule has 0 radical (unpaired) electrons. The van der Waals surface area contributed by atoms with Gasteiger partial charge in [-0.25, -0.2) is 4.98 Å². The minimum Gasteiger partial charge on any atom is -0.205 e. The molecule has 0 aliphatic heterocycles. The lowest BCUT2D eigenvalue weighted by molar-refractivity contribution is 0.589. The third-order valence-corrected chi connectivity index (χ3v) is 2.40. The minimum absolute atomic E-state index is 0.665. The van der Waals surface area contributed by atoms with Crippen LogP contribution in [0.1, 0.15) is 36.8 Å². The smallest absolute Gasteiger partial charge is 0.0416 e. The number of hydrogen-bond acceptors (Lipinski definition) is 1. The van der Waals surface area contributed by atoms with Crippen molar-refractivity contribution in [1.82, 2.24) is 4.98 Å². The highest BCUT2D eigenvalue weighted by molar-refractivity contribution is 5.25. The summed E-state index contributed by atoms with van der Waals surface area (Å²) in [4.78, 5) is 3.95. The lowest BCUT2D eigenvalue weighted by Crippen LogP contribution is -2.05. The van der Waals surface area contributed by atoms with Crippen molar-refractivity contribution in [2.45, 2.75) is 32.1 Å². The predicted molar refractivity (Wildman–Crippen MR) is 43.3 cm³/mol. The summed E-state index contributed by atoms with van der Waals surface area (Å²) < 4.78 is 0. The summed E-state index contributed by atoms with van der Waals surface area (Å²) in [7, 11) is 0. The number of aromatic nitrogens is 1. The molecule has 2 rings (SSSR count). The topological polar surface area (TPSA) is 12.9 Å². The maximum absolute atomic E-state index is 3.95. The second-order valence-electron chi connectivity index (χ2n) is 3.23. The fraction of sp³-hybridized carbons (Fsp3) is 0.500. The molecule has 0 N–H and O–H groups in total. The molecular formula is C10H11N. The molecule has 1 atom stereocenters. The van der Waals surface area contributed by atoms with Crippen LogP contribution in [0, 0.1) is 12.3 Å². The summed E-state index contributed by atoms with van der Waals surface area (Å²) in [6.45, 7) is 2.25. The SMILES string of the molecule is CC1CCCc2cnc#cc21. The Kier molecular flexibility index (Phi) is 1.54. The van der Waals surface area contributed by atoms with Crippen molar-refractivity contribution in [3.05, 3.63) is 29.6 Å². The Bertz CT molecular complexity index is 255. The number of fused-ring (bicyclic) bond motifs is 1. The lowest BCUT2D eigenvalue weighted by atomic mass is 9.86. The fourth-order valence-electron chi connectivity index (χ4n) is 1.73. The van der Waals surface area contributed by atoms with E-state index in [0.717, 1.165) is 0 Å². The normalized spacial score (nSPS) is 22.1. The maximum Gasteiger partial charge on any atom is 0.0416 e. The van der Waals surface area contributed by atoms with Crippen LogP contribution in [-0.2, 0) is 6.42 Å². The van der Waals surface area contributed by atoms with Crippen molar-refractivity contribution >= 4 is 0 Å². The van der Waals surface area contributed by atoms with Crippen LogP contribution in [0.4, 0.5) is 0 Å². The van der Waals surface area contributed by atoms with Gasteiger partial charge in [0.25, 0.3) is 0 Å². The Morgan fingerprint density at radius 1 is 1.64 bits per heavy atom. The first-order valence-corrected chi connectivity index (χ1v) is 4.15. The van der Waals surface area contributed by atoms with Crippen molar-refractivity contribution in [1.29, 1.82) is 0 Å². The van der Waals surface area contributed by atoms with Crippen LogP contribution in [0.2, 0.25) is 0 Å². The van der Waals surface area contributed by atoms with Crippen molar-refractivity contribution in [3.63, 3.8) is 0 Å².